The van der Waals surface area contributed by atoms with Gasteiger partial charge < -0.3 is 0 Å². The molecule has 0 saturated heterocycles. The second kappa shape index (κ2) is 6.23. The van der Waals surface area contributed by atoms with Gasteiger partial charge >= 0.3 is 0 Å². The fourth-order valence-electron chi connectivity index (χ4n) is 3.40. The third kappa shape index (κ3) is 2.63. The molecule has 0 saturated carbocycles. The fraction of sp³-hybridized carbons (Fsp3) is 0.350. The van der Waals surface area contributed by atoms with Crippen LogP contribution in [0.2, 0.25) is 0 Å². The molecule has 0 bridgehead atoms. The minimum Gasteiger partial charge on any atom is -0.276 e. The van der Waals surface area contributed by atoms with Crippen molar-refractivity contribution in [1.82, 2.24) is 14.8 Å². The first-order chi connectivity index (χ1) is 12.1. The molecule has 0 amide bonds. The van der Waals surface area contributed by atoms with Crippen molar-refractivity contribution in [3.63, 3.8) is 0 Å². The number of nitrogens with zero attached hydrogens (tertiary/aromatic N) is 4. The van der Waals surface area contributed by atoms with Gasteiger partial charge in [0.25, 0.3) is 0 Å². The lowest BCUT2D eigenvalue weighted by Crippen LogP contribution is -2.07. The van der Waals surface area contributed by atoms with E-state index >= 15 is 0 Å². The van der Waals surface area contributed by atoms with E-state index in [4.69, 9.17) is 4.99 Å². The highest BCUT2D eigenvalue weighted by Gasteiger charge is 2.26. The lowest BCUT2D eigenvalue weighted by atomic mass is 9.98. The summed E-state index contributed by atoms with van der Waals surface area (Å²) in [5, 5.41) is 9.79. The van der Waals surface area contributed by atoms with Crippen LogP contribution in [0, 0.1) is 20.8 Å². The molecule has 1 aliphatic rings. The summed E-state index contributed by atoms with van der Waals surface area (Å²) in [4.78, 5) is 6.26. The molecule has 1 aromatic carbocycles. The number of aliphatic imine (C=N–C) groups is 1. The molecule has 3 aromatic rings. The number of rotatable bonds is 3. The van der Waals surface area contributed by atoms with Gasteiger partial charge in [0.1, 0.15) is 17.4 Å². The van der Waals surface area contributed by atoms with E-state index in [-0.39, 0.29) is 0 Å². The first-order valence-electron chi connectivity index (χ1n) is 8.75. The van der Waals surface area contributed by atoms with Crippen LogP contribution in [-0.4, -0.2) is 20.5 Å². The Hall–Kier alpha value is -2.27. The van der Waals surface area contributed by atoms with Crippen LogP contribution in [-0.2, 0) is 13.0 Å². The highest BCUT2D eigenvalue weighted by molar-refractivity contribution is 7.15. The van der Waals surface area contributed by atoms with Gasteiger partial charge in [-0.2, -0.15) is 0 Å². The molecule has 0 unspecified atom stereocenters. The number of fused-ring (bicyclic) bond motifs is 3. The van der Waals surface area contributed by atoms with E-state index in [1.807, 2.05) is 6.92 Å². The van der Waals surface area contributed by atoms with E-state index in [9.17, 15) is 0 Å². The monoisotopic (exact) mass is 350 g/mol. The summed E-state index contributed by atoms with van der Waals surface area (Å²) in [5.74, 6) is 1.84. The molecule has 25 heavy (non-hydrogen) atoms. The van der Waals surface area contributed by atoms with E-state index in [0.29, 0.717) is 6.54 Å². The Morgan fingerprint density at radius 2 is 1.84 bits per heavy atom. The zero-order valence-corrected chi connectivity index (χ0v) is 15.9. The van der Waals surface area contributed by atoms with Crippen LogP contribution in [0.1, 0.15) is 52.1 Å². The Bertz CT molecular complexity index is 960. The molecule has 0 spiro atoms. The van der Waals surface area contributed by atoms with Crippen LogP contribution in [0.5, 0.6) is 0 Å². The Morgan fingerprint density at radius 3 is 2.56 bits per heavy atom. The zero-order chi connectivity index (χ0) is 17.6. The fourth-order valence-corrected chi connectivity index (χ4v) is 4.63. The SMILES string of the molecule is CCCc1ccc(C2=NCc3nnc(C)n3-c3sc(C)c(C)c32)cc1. The molecular weight excluding hydrogens is 328 g/mol. The summed E-state index contributed by atoms with van der Waals surface area (Å²) in [6.45, 7) is 9.15. The predicted octanol–water partition coefficient (Wildman–Crippen LogP) is 4.56. The smallest absolute Gasteiger partial charge is 0.160 e. The molecule has 1 aliphatic heterocycles. The maximum atomic E-state index is 4.94. The third-order valence-corrected chi connectivity index (χ3v) is 6.04. The first-order valence-corrected chi connectivity index (χ1v) is 9.57. The Labute approximate surface area is 152 Å². The van der Waals surface area contributed by atoms with E-state index in [1.165, 1.54) is 38.6 Å². The lowest BCUT2D eigenvalue weighted by Gasteiger charge is -2.10. The number of aromatic nitrogens is 3. The lowest BCUT2D eigenvalue weighted by molar-refractivity contribution is 0.869. The van der Waals surface area contributed by atoms with Crippen LogP contribution in [0.15, 0.2) is 29.3 Å². The number of benzene rings is 1. The molecule has 3 heterocycles. The second-order valence-corrected chi connectivity index (χ2v) is 7.78. The summed E-state index contributed by atoms with van der Waals surface area (Å²) < 4.78 is 2.17. The van der Waals surface area contributed by atoms with Crippen molar-refractivity contribution >= 4 is 17.0 Å². The van der Waals surface area contributed by atoms with Crippen molar-refractivity contribution in [2.75, 3.05) is 0 Å². The highest BCUT2D eigenvalue weighted by Crippen LogP contribution is 2.36. The summed E-state index contributed by atoms with van der Waals surface area (Å²) in [6.07, 6.45) is 2.29. The summed E-state index contributed by atoms with van der Waals surface area (Å²) in [5.41, 5.74) is 6.17. The maximum absolute atomic E-state index is 4.94. The number of thiophene rings is 1. The topological polar surface area (TPSA) is 43.1 Å². The largest absolute Gasteiger partial charge is 0.276 e. The highest BCUT2D eigenvalue weighted by atomic mass is 32.1. The summed E-state index contributed by atoms with van der Waals surface area (Å²) in [7, 11) is 0. The molecule has 0 atom stereocenters. The molecular formula is C20H22N4S. The van der Waals surface area contributed by atoms with Gasteiger partial charge in [-0.05, 0) is 38.3 Å². The van der Waals surface area contributed by atoms with Crippen molar-refractivity contribution in [3.8, 4) is 5.00 Å². The average Bonchev–Trinajstić information content (AvgIpc) is 3.05. The minimum atomic E-state index is 0.562. The van der Waals surface area contributed by atoms with Gasteiger partial charge in [-0.25, -0.2) is 0 Å². The van der Waals surface area contributed by atoms with Gasteiger partial charge in [0.15, 0.2) is 5.82 Å². The summed E-state index contributed by atoms with van der Waals surface area (Å²) in [6, 6.07) is 8.87. The van der Waals surface area contributed by atoms with Crippen LogP contribution >= 0.6 is 11.3 Å². The molecule has 2 aromatic heterocycles. The molecule has 128 valence electrons. The molecule has 5 heteroatoms. The second-order valence-electron chi connectivity index (χ2n) is 6.57. The van der Waals surface area contributed by atoms with E-state index < -0.39 is 0 Å². The first kappa shape index (κ1) is 16.2. The summed E-state index contributed by atoms with van der Waals surface area (Å²) >= 11 is 1.80. The van der Waals surface area contributed by atoms with E-state index in [1.54, 1.807) is 11.3 Å². The Balaban J connectivity index is 1.89. The van der Waals surface area contributed by atoms with Gasteiger partial charge in [0.05, 0.1) is 5.71 Å². The third-order valence-electron chi connectivity index (χ3n) is 4.84. The van der Waals surface area contributed by atoms with Gasteiger partial charge in [-0.15, -0.1) is 21.5 Å². The van der Waals surface area contributed by atoms with Crippen molar-refractivity contribution < 1.29 is 0 Å². The van der Waals surface area contributed by atoms with Gasteiger partial charge in [-0.3, -0.25) is 9.56 Å². The molecule has 0 fully saturated rings. The van der Waals surface area contributed by atoms with Gasteiger partial charge in [0.2, 0.25) is 0 Å². The zero-order valence-electron chi connectivity index (χ0n) is 15.1. The van der Waals surface area contributed by atoms with Crippen LogP contribution < -0.4 is 0 Å². The van der Waals surface area contributed by atoms with Crippen LogP contribution in [0.25, 0.3) is 5.00 Å². The Kier molecular flexibility index (Phi) is 4.04. The van der Waals surface area contributed by atoms with Crippen LogP contribution in [0.4, 0.5) is 0 Å². The van der Waals surface area contributed by atoms with E-state index in [2.05, 4.69) is 59.8 Å². The van der Waals surface area contributed by atoms with Crippen molar-refractivity contribution in [2.45, 2.75) is 47.1 Å². The number of aryl methyl sites for hydroxylation is 3. The van der Waals surface area contributed by atoms with Gasteiger partial charge in [-0.1, -0.05) is 37.6 Å². The van der Waals surface area contributed by atoms with Crippen molar-refractivity contribution in [1.29, 1.82) is 0 Å². The van der Waals surface area contributed by atoms with E-state index in [0.717, 1.165) is 23.8 Å². The molecule has 0 aliphatic carbocycles. The molecule has 0 radical (unpaired) electrons. The Morgan fingerprint density at radius 1 is 1.08 bits per heavy atom. The average molecular weight is 350 g/mol. The standard InChI is InChI=1S/C20H22N4S/c1-5-6-15-7-9-16(10-8-15)19-18-12(2)13(3)25-20(18)24-14(4)22-23-17(24)11-21-19/h7-10H,5-6,11H2,1-4H3. The molecule has 4 rings (SSSR count). The minimum absolute atomic E-state index is 0.562. The van der Waals surface area contributed by atoms with Gasteiger partial charge in [0, 0.05) is 16.0 Å². The normalized spacial score (nSPS) is 13.2. The number of hydrogen-bond acceptors (Lipinski definition) is 4. The molecule has 4 nitrogen and oxygen atoms in total. The molecule has 0 N–H and O–H groups in total. The maximum Gasteiger partial charge on any atom is 0.160 e. The van der Waals surface area contributed by atoms with Crippen LogP contribution in [0.3, 0.4) is 0 Å². The number of hydrogen-bond donors (Lipinski definition) is 0. The van der Waals surface area contributed by atoms with Crippen molar-refractivity contribution in [2.24, 2.45) is 4.99 Å². The quantitative estimate of drug-likeness (QED) is 0.695. The predicted molar refractivity (Wildman–Crippen MR) is 103 cm³/mol. The van der Waals surface area contributed by atoms with Crippen molar-refractivity contribution in [3.05, 3.63) is 63.0 Å².